The molecule has 30 heavy (non-hydrogen) atoms. The van der Waals surface area contributed by atoms with E-state index in [0.29, 0.717) is 17.7 Å². The molecule has 3 aromatic rings. The van der Waals surface area contributed by atoms with Gasteiger partial charge in [-0.1, -0.05) is 31.1 Å². The van der Waals surface area contributed by atoms with Gasteiger partial charge >= 0.3 is 6.01 Å². The molecular weight excluding hydrogens is 390 g/mol. The van der Waals surface area contributed by atoms with Gasteiger partial charge < -0.3 is 9.73 Å². The van der Waals surface area contributed by atoms with Gasteiger partial charge in [0.05, 0.1) is 16.2 Å². The van der Waals surface area contributed by atoms with Gasteiger partial charge in [0.2, 0.25) is 11.8 Å². The predicted octanol–water partition coefficient (Wildman–Crippen LogP) is 3.88. The number of carbonyl (C=O) groups is 2. The summed E-state index contributed by atoms with van der Waals surface area (Å²) in [6, 6.07) is 12.0. The van der Waals surface area contributed by atoms with E-state index in [1.165, 1.54) is 24.3 Å². The third kappa shape index (κ3) is 5.04. The van der Waals surface area contributed by atoms with Crippen molar-refractivity contribution in [3.05, 3.63) is 64.2 Å². The first-order chi connectivity index (χ1) is 14.3. The van der Waals surface area contributed by atoms with Gasteiger partial charge in [0, 0.05) is 24.1 Å². The summed E-state index contributed by atoms with van der Waals surface area (Å²) in [7, 11) is 0. The molecule has 0 fully saturated rings. The van der Waals surface area contributed by atoms with Crippen LogP contribution in [0.5, 0.6) is 0 Å². The van der Waals surface area contributed by atoms with E-state index in [1.807, 2.05) is 13.8 Å². The molecule has 2 N–H and O–H groups in total. The molecule has 2 aromatic carbocycles. The molecule has 0 aliphatic carbocycles. The highest BCUT2D eigenvalue weighted by Gasteiger charge is 2.17. The molecule has 0 saturated carbocycles. The predicted molar refractivity (Wildman–Crippen MR) is 109 cm³/mol. The maximum Gasteiger partial charge on any atom is 0.322 e. The minimum absolute atomic E-state index is 0.0667. The second kappa shape index (κ2) is 8.95. The monoisotopic (exact) mass is 409 g/mol. The maximum atomic E-state index is 12.6. The largest absolute Gasteiger partial charge is 0.403 e. The number of nitrogens with one attached hydrogen (secondary N) is 2. The average molecular weight is 409 g/mol. The summed E-state index contributed by atoms with van der Waals surface area (Å²) in [5.41, 5.74) is 1.01. The van der Waals surface area contributed by atoms with Gasteiger partial charge in [0.15, 0.2) is 0 Å². The van der Waals surface area contributed by atoms with Gasteiger partial charge in [-0.25, -0.2) is 0 Å². The van der Waals surface area contributed by atoms with E-state index in [0.717, 1.165) is 0 Å². The molecule has 0 saturated heterocycles. The number of para-hydroxylation sites is 1. The lowest BCUT2D eigenvalue weighted by atomic mass is 10.1. The number of rotatable bonds is 7. The van der Waals surface area contributed by atoms with E-state index in [2.05, 4.69) is 20.8 Å². The molecular formula is C20H19N5O5. The van der Waals surface area contributed by atoms with Gasteiger partial charge in [-0.3, -0.25) is 25.0 Å². The number of nitrogens with zero attached hydrogens (tertiary/aromatic N) is 3. The Morgan fingerprint density at radius 1 is 1.07 bits per heavy atom. The number of non-ortho nitro benzene ring substituents is 1. The van der Waals surface area contributed by atoms with Crippen molar-refractivity contribution in [3.63, 3.8) is 0 Å². The minimum atomic E-state index is -0.533. The lowest BCUT2D eigenvalue weighted by molar-refractivity contribution is -0.384. The van der Waals surface area contributed by atoms with Crippen LogP contribution in [0.15, 0.2) is 52.9 Å². The normalized spacial score (nSPS) is 10.6. The Kier molecular flexibility index (Phi) is 6.16. The summed E-state index contributed by atoms with van der Waals surface area (Å²) in [5.74, 6) is -0.446. The first kappa shape index (κ1) is 20.6. The number of nitro benzene ring substituents is 1. The first-order valence-corrected chi connectivity index (χ1v) is 9.12. The van der Waals surface area contributed by atoms with E-state index in [9.17, 15) is 19.7 Å². The molecule has 0 aliphatic rings. The van der Waals surface area contributed by atoms with Gasteiger partial charge in [0.25, 0.3) is 11.6 Å². The molecule has 10 heteroatoms. The summed E-state index contributed by atoms with van der Waals surface area (Å²) in [6.07, 6.45) is 0.332. The number of nitro groups is 1. The van der Waals surface area contributed by atoms with Crippen LogP contribution in [0.3, 0.4) is 0 Å². The topological polar surface area (TPSA) is 140 Å². The molecule has 10 nitrogen and oxygen atoms in total. The maximum absolute atomic E-state index is 12.6. The van der Waals surface area contributed by atoms with Crippen LogP contribution in [-0.2, 0) is 4.79 Å². The van der Waals surface area contributed by atoms with E-state index in [4.69, 9.17) is 4.42 Å². The zero-order valence-electron chi connectivity index (χ0n) is 16.3. The standard InChI is InChI=1S/C20H19N5O5/c1-12(2)11-17(26)21-16-6-4-3-5-15(16)18(27)22-20-24-23-19(30-20)13-7-9-14(10-8-13)25(28)29/h3-10,12H,11H2,1-2H3,(H,21,26)(H,22,24,27). The highest BCUT2D eigenvalue weighted by atomic mass is 16.6. The third-order valence-electron chi connectivity index (χ3n) is 4.01. The van der Waals surface area contributed by atoms with Crippen LogP contribution in [0.1, 0.15) is 30.6 Å². The number of amides is 2. The summed E-state index contributed by atoms with van der Waals surface area (Å²) in [4.78, 5) is 34.9. The molecule has 0 spiro atoms. The molecule has 2 amide bonds. The van der Waals surface area contributed by atoms with Crippen molar-refractivity contribution < 1.29 is 18.9 Å². The molecule has 0 unspecified atom stereocenters. The van der Waals surface area contributed by atoms with E-state index in [1.54, 1.807) is 24.3 Å². The molecule has 3 rings (SSSR count). The SMILES string of the molecule is CC(C)CC(=O)Nc1ccccc1C(=O)Nc1nnc(-c2ccc([N+](=O)[O-])cc2)o1. The van der Waals surface area contributed by atoms with Crippen LogP contribution < -0.4 is 10.6 Å². The highest BCUT2D eigenvalue weighted by Crippen LogP contribution is 2.23. The lowest BCUT2D eigenvalue weighted by Gasteiger charge is -2.11. The average Bonchev–Trinajstić information content (AvgIpc) is 3.16. The summed E-state index contributed by atoms with van der Waals surface area (Å²) in [6.45, 7) is 3.85. The van der Waals surface area contributed by atoms with Crippen molar-refractivity contribution in [2.75, 3.05) is 10.6 Å². The second-order valence-electron chi connectivity index (χ2n) is 6.86. The smallest absolute Gasteiger partial charge is 0.322 e. The van der Waals surface area contributed by atoms with E-state index in [-0.39, 0.29) is 35.0 Å². The Balaban J connectivity index is 1.73. The second-order valence-corrected chi connectivity index (χ2v) is 6.86. The molecule has 0 aliphatic heterocycles. The van der Waals surface area contributed by atoms with Crippen LogP contribution in [0, 0.1) is 16.0 Å². The first-order valence-electron chi connectivity index (χ1n) is 9.12. The Hall–Kier alpha value is -4.08. The van der Waals surface area contributed by atoms with Crippen LogP contribution in [-0.4, -0.2) is 26.9 Å². The van der Waals surface area contributed by atoms with Crippen LogP contribution in [0.2, 0.25) is 0 Å². The number of hydrogen-bond acceptors (Lipinski definition) is 7. The van der Waals surface area contributed by atoms with Gasteiger partial charge in [-0.05, 0) is 30.2 Å². The van der Waals surface area contributed by atoms with Gasteiger partial charge in [0.1, 0.15) is 0 Å². The van der Waals surface area contributed by atoms with Crippen molar-refractivity contribution in [2.45, 2.75) is 20.3 Å². The van der Waals surface area contributed by atoms with Crippen molar-refractivity contribution in [2.24, 2.45) is 5.92 Å². The number of hydrogen-bond donors (Lipinski definition) is 2. The van der Waals surface area contributed by atoms with Crippen LogP contribution in [0.4, 0.5) is 17.4 Å². The summed E-state index contributed by atoms with van der Waals surface area (Å²) >= 11 is 0. The van der Waals surface area contributed by atoms with Crippen molar-refractivity contribution in [1.82, 2.24) is 10.2 Å². The quantitative estimate of drug-likeness (QED) is 0.445. The van der Waals surface area contributed by atoms with Crippen molar-refractivity contribution in [1.29, 1.82) is 0 Å². The molecule has 0 bridgehead atoms. The number of carbonyl (C=O) groups excluding carboxylic acids is 2. The molecule has 154 valence electrons. The number of aromatic nitrogens is 2. The number of anilines is 2. The van der Waals surface area contributed by atoms with Gasteiger partial charge in [-0.15, -0.1) is 5.10 Å². The van der Waals surface area contributed by atoms with Crippen molar-refractivity contribution >= 4 is 29.2 Å². The summed E-state index contributed by atoms with van der Waals surface area (Å²) in [5, 5.41) is 23.6. The fourth-order valence-corrected chi connectivity index (χ4v) is 2.64. The molecule has 0 atom stereocenters. The third-order valence-corrected chi connectivity index (χ3v) is 4.01. The lowest BCUT2D eigenvalue weighted by Crippen LogP contribution is -2.19. The van der Waals surface area contributed by atoms with Crippen LogP contribution in [0.25, 0.3) is 11.5 Å². The number of benzene rings is 2. The Morgan fingerprint density at radius 3 is 2.43 bits per heavy atom. The molecule has 1 aromatic heterocycles. The minimum Gasteiger partial charge on any atom is -0.403 e. The molecule has 1 heterocycles. The van der Waals surface area contributed by atoms with Gasteiger partial charge in [-0.2, -0.15) is 0 Å². The van der Waals surface area contributed by atoms with E-state index < -0.39 is 10.8 Å². The van der Waals surface area contributed by atoms with Crippen molar-refractivity contribution in [3.8, 4) is 11.5 Å². The fraction of sp³-hybridized carbons (Fsp3) is 0.200. The fourth-order valence-electron chi connectivity index (χ4n) is 2.64. The Bertz CT molecular complexity index is 1080. The zero-order chi connectivity index (χ0) is 21.7. The Labute approximate surface area is 171 Å². The zero-order valence-corrected chi connectivity index (χ0v) is 16.3. The molecule has 0 radical (unpaired) electrons. The Morgan fingerprint density at radius 2 is 1.77 bits per heavy atom. The summed E-state index contributed by atoms with van der Waals surface area (Å²) < 4.78 is 5.42. The van der Waals surface area contributed by atoms with E-state index >= 15 is 0 Å². The van der Waals surface area contributed by atoms with Crippen LogP contribution >= 0.6 is 0 Å². The highest BCUT2D eigenvalue weighted by molar-refractivity contribution is 6.09.